The first-order valence-electron chi connectivity index (χ1n) is 4.07. The van der Waals surface area contributed by atoms with Gasteiger partial charge in [0.2, 0.25) is 5.76 Å². The molecule has 0 atom stereocenters. The number of esters is 1. The minimum atomic E-state index is -0.438. The number of rotatable bonds is 2. The molecule has 0 aromatic carbocycles. The summed E-state index contributed by atoms with van der Waals surface area (Å²) in [5.41, 5.74) is 0. The van der Waals surface area contributed by atoms with Crippen LogP contribution in [0.3, 0.4) is 0 Å². The van der Waals surface area contributed by atoms with Crippen molar-refractivity contribution in [3.05, 3.63) is 23.7 Å². The number of methoxy groups -OCH3 is 1. The smallest absolute Gasteiger partial charge is 0.373 e. The monoisotopic (exact) mass is 182 g/mol. The lowest BCUT2D eigenvalue weighted by molar-refractivity contribution is -0.000894. The molecule has 4 heteroatoms. The number of carbonyl (C=O) groups is 1. The van der Waals surface area contributed by atoms with Gasteiger partial charge in [0, 0.05) is 0 Å². The quantitative estimate of drug-likeness (QED) is 0.644. The van der Waals surface area contributed by atoms with Gasteiger partial charge >= 0.3 is 5.97 Å². The Balaban J connectivity index is 2.12. The molecule has 13 heavy (non-hydrogen) atoms. The van der Waals surface area contributed by atoms with E-state index in [4.69, 9.17) is 9.15 Å². The Hall–Kier alpha value is -1.29. The number of hydrogen-bond acceptors (Lipinski definition) is 4. The Morgan fingerprint density at radius 2 is 2.31 bits per heavy atom. The van der Waals surface area contributed by atoms with E-state index in [0.717, 1.165) is 5.76 Å². The highest BCUT2D eigenvalue weighted by molar-refractivity contribution is 5.86. The Kier molecular flexibility index (Phi) is 2.06. The van der Waals surface area contributed by atoms with E-state index in [-0.39, 0.29) is 5.76 Å². The maximum atomic E-state index is 11.0. The first-order valence-corrected chi connectivity index (χ1v) is 4.07. The van der Waals surface area contributed by atoms with Crippen LogP contribution in [0, 0.1) is 0 Å². The summed E-state index contributed by atoms with van der Waals surface area (Å²) in [6, 6.07) is 3.42. The zero-order chi connectivity index (χ0) is 9.26. The standard InChI is InChI=1S/C9H10O4/c1-11-9(10)8-3-2-7(13-8)6-4-12-5-6/h2-3,6H,4-5H2,1H3. The summed E-state index contributed by atoms with van der Waals surface area (Å²) in [7, 11) is 1.33. The van der Waals surface area contributed by atoms with Crippen LogP contribution in [0.4, 0.5) is 0 Å². The van der Waals surface area contributed by atoms with Crippen molar-refractivity contribution in [2.75, 3.05) is 20.3 Å². The van der Waals surface area contributed by atoms with E-state index in [1.54, 1.807) is 12.1 Å². The van der Waals surface area contributed by atoms with Gasteiger partial charge in [-0.25, -0.2) is 4.79 Å². The van der Waals surface area contributed by atoms with E-state index in [9.17, 15) is 4.79 Å². The van der Waals surface area contributed by atoms with Crippen LogP contribution < -0.4 is 0 Å². The van der Waals surface area contributed by atoms with Crippen LogP contribution in [0.1, 0.15) is 22.2 Å². The molecular formula is C9H10O4. The second-order valence-electron chi connectivity index (χ2n) is 2.93. The zero-order valence-corrected chi connectivity index (χ0v) is 7.28. The van der Waals surface area contributed by atoms with Gasteiger partial charge in [0.05, 0.1) is 26.2 Å². The Labute approximate surface area is 75.4 Å². The van der Waals surface area contributed by atoms with Crippen molar-refractivity contribution in [3.63, 3.8) is 0 Å². The number of furan rings is 1. The summed E-state index contributed by atoms with van der Waals surface area (Å²) >= 11 is 0. The maximum Gasteiger partial charge on any atom is 0.373 e. The van der Waals surface area contributed by atoms with Gasteiger partial charge < -0.3 is 13.9 Å². The van der Waals surface area contributed by atoms with E-state index < -0.39 is 5.97 Å². The first kappa shape index (κ1) is 8.31. The number of hydrogen-bond donors (Lipinski definition) is 0. The highest BCUT2D eigenvalue weighted by Crippen LogP contribution is 2.25. The average Bonchev–Trinajstić information content (AvgIpc) is 2.49. The van der Waals surface area contributed by atoms with Crippen LogP contribution in [0.25, 0.3) is 0 Å². The summed E-state index contributed by atoms with van der Waals surface area (Å²) in [5, 5.41) is 0. The fourth-order valence-electron chi connectivity index (χ4n) is 1.18. The lowest BCUT2D eigenvalue weighted by Crippen LogP contribution is -2.24. The molecule has 1 saturated heterocycles. The third-order valence-electron chi connectivity index (χ3n) is 2.05. The van der Waals surface area contributed by atoms with Crippen LogP contribution in [0.5, 0.6) is 0 Å². The van der Waals surface area contributed by atoms with E-state index in [0.29, 0.717) is 19.1 Å². The van der Waals surface area contributed by atoms with E-state index >= 15 is 0 Å². The molecular weight excluding hydrogens is 172 g/mol. The van der Waals surface area contributed by atoms with Gasteiger partial charge in [-0.05, 0) is 12.1 Å². The molecule has 1 aromatic rings. The Bertz CT molecular complexity index is 311. The molecule has 0 radical (unpaired) electrons. The van der Waals surface area contributed by atoms with Crippen LogP contribution in [0.2, 0.25) is 0 Å². The van der Waals surface area contributed by atoms with Crippen molar-refractivity contribution in [2.24, 2.45) is 0 Å². The molecule has 1 aliphatic rings. The van der Waals surface area contributed by atoms with Gasteiger partial charge in [0.15, 0.2) is 0 Å². The van der Waals surface area contributed by atoms with Gasteiger partial charge in [-0.2, -0.15) is 0 Å². The third kappa shape index (κ3) is 1.45. The molecule has 0 saturated carbocycles. The van der Waals surface area contributed by atoms with Gasteiger partial charge in [-0.1, -0.05) is 0 Å². The molecule has 2 rings (SSSR count). The SMILES string of the molecule is COC(=O)c1ccc(C2COC2)o1. The van der Waals surface area contributed by atoms with Gasteiger partial charge in [0.25, 0.3) is 0 Å². The first-order chi connectivity index (χ1) is 6.31. The molecule has 0 amide bonds. The molecule has 0 N–H and O–H groups in total. The number of ether oxygens (including phenoxy) is 2. The van der Waals surface area contributed by atoms with E-state index in [2.05, 4.69) is 4.74 Å². The normalized spacial score (nSPS) is 16.7. The highest BCUT2D eigenvalue weighted by atomic mass is 16.5. The summed E-state index contributed by atoms with van der Waals surface area (Å²) in [6.07, 6.45) is 0. The van der Waals surface area contributed by atoms with Crippen molar-refractivity contribution in [1.82, 2.24) is 0 Å². The third-order valence-corrected chi connectivity index (χ3v) is 2.05. The predicted molar refractivity (Wildman–Crippen MR) is 43.6 cm³/mol. The van der Waals surface area contributed by atoms with Crippen molar-refractivity contribution >= 4 is 5.97 Å². The molecule has 0 aliphatic carbocycles. The number of carbonyl (C=O) groups excluding carboxylic acids is 1. The van der Waals surface area contributed by atoms with Crippen molar-refractivity contribution in [3.8, 4) is 0 Å². The summed E-state index contributed by atoms with van der Waals surface area (Å²) < 4.78 is 14.8. The van der Waals surface area contributed by atoms with Crippen LogP contribution in [0.15, 0.2) is 16.5 Å². The average molecular weight is 182 g/mol. The van der Waals surface area contributed by atoms with Crippen LogP contribution in [-0.2, 0) is 9.47 Å². The molecule has 0 bridgehead atoms. The molecule has 70 valence electrons. The fraction of sp³-hybridized carbons (Fsp3) is 0.444. The topological polar surface area (TPSA) is 48.7 Å². The minimum Gasteiger partial charge on any atom is -0.463 e. The summed E-state index contributed by atoms with van der Waals surface area (Å²) in [6.45, 7) is 1.35. The molecule has 1 aromatic heterocycles. The van der Waals surface area contributed by atoms with Gasteiger partial charge in [-0.15, -0.1) is 0 Å². The Morgan fingerprint density at radius 3 is 2.85 bits per heavy atom. The van der Waals surface area contributed by atoms with Crippen molar-refractivity contribution < 1.29 is 18.7 Å². The van der Waals surface area contributed by atoms with Gasteiger partial charge in [0.1, 0.15) is 5.76 Å². The van der Waals surface area contributed by atoms with Crippen LogP contribution >= 0.6 is 0 Å². The lowest BCUT2D eigenvalue weighted by Gasteiger charge is -2.23. The molecule has 1 aliphatic heterocycles. The second-order valence-corrected chi connectivity index (χ2v) is 2.93. The molecule has 0 unspecified atom stereocenters. The van der Waals surface area contributed by atoms with Gasteiger partial charge in [-0.3, -0.25) is 0 Å². The molecule has 1 fully saturated rings. The van der Waals surface area contributed by atoms with Crippen molar-refractivity contribution in [1.29, 1.82) is 0 Å². The van der Waals surface area contributed by atoms with Crippen LogP contribution in [-0.4, -0.2) is 26.3 Å². The molecule has 4 nitrogen and oxygen atoms in total. The lowest BCUT2D eigenvalue weighted by atomic mass is 10.1. The molecule has 0 spiro atoms. The fourth-order valence-corrected chi connectivity index (χ4v) is 1.18. The van der Waals surface area contributed by atoms with Crippen molar-refractivity contribution in [2.45, 2.75) is 5.92 Å². The highest BCUT2D eigenvalue weighted by Gasteiger charge is 2.24. The molecule has 2 heterocycles. The second kappa shape index (κ2) is 3.22. The maximum absolute atomic E-state index is 11.0. The predicted octanol–water partition coefficient (Wildman–Crippen LogP) is 1.18. The summed E-state index contributed by atoms with van der Waals surface area (Å²) in [4.78, 5) is 11.0. The Morgan fingerprint density at radius 1 is 1.54 bits per heavy atom. The summed E-state index contributed by atoms with van der Waals surface area (Å²) in [5.74, 6) is 0.918. The minimum absolute atomic E-state index is 0.254. The largest absolute Gasteiger partial charge is 0.463 e. The van der Waals surface area contributed by atoms with E-state index in [1.807, 2.05) is 0 Å². The van der Waals surface area contributed by atoms with E-state index in [1.165, 1.54) is 7.11 Å². The zero-order valence-electron chi connectivity index (χ0n) is 7.28.